The summed E-state index contributed by atoms with van der Waals surface area (Å²) in [5.74, 6) is -0.164. The van der Waals surface area contributed by atoms with Crippen LogP contribution in [0.15, 0.2) is 24.3 Å². The van der Waals surface area contributed by atoms with Gasteiger partial charge in [-0.15, -0.1) is 0 Å². The van der Waals surface area contributed by atoms with Crippen LogP contribution in [0.3, 0.4) is 0 Å². The second kappa shape index (κ2) is 4.93. The van der Waals surface area contributed by atoms with Crippen LogP contribution in [-0.2, 0) is 11.2 Å². The van der Waals surface area contributed by atoms with Gasteiger partial charge in [-0.2, -0.15) is 0 Å². The Kier molecular flexibility index (Phi) is 3.56. The first-order valence-electron chi connectivity index (χ1n) is 5.73. The average Bonchev–Trinajstić information content (AvgIpc) is 2.67. The Bertz CT molecular complexity index is 348. The van der Waals surface area contributed by atoms with Gasteiger partial charge in [-0.1, -0.05) is 12.1 Å². The highest BCUT2D eigenvalue weighted by molar-refractivity contribution is 5.20. The second-order valence-corrected chi connectivity index (χ2v) is 4.55. The van der Waals surface area contributed by atoms with Gasteiger partial charge >= 0.3 is 0 Å². The van der Waals surface area contributed by atoms with Crippen LogP contribution in [0.4, 0.5) is 4.39 Å². The summed E-state index contributed by atoms with van der Waals surface area (Å²) in [4.78, 5) is 0. The number of methoxy groups -OCH3 is 1. The van der Waals surface area contributed by atoms with Crippen molar-refractivity contribution in [3.8, 4) is 0 Å². The molecule has 1 fully saturated rings. The Morgan fingerprint density at radius 3 is 3.00 bits per heavy atom. The van der Waals surface area contributed by atoms with Crippen LogP contribution in [0.2, 0.25) is 0 Å². The van der Waals surface area contributed by atoms with E-state index in [9.17, 15) is 4.39 Å². The molecular weight excluding hydrogens is 205 g/mol. The fraction of sp³-hybridized carbons (Fsp3) is 0.538. The summed E-state index contributed by atoms with van der Waals surface area (Å²) < 4.78 is 18.4. The van der Waals surface area contributed by atoms with Crippen molar-refractivity contribution < 1.29 is 9.13 Å². The lowest BCUT2D eigenvalue weighted by Crippen LogP contribution is -2.46. The Balaban J connectivity index is 2.11. The van der Waals surface area contributed by atoms with E-state index in [-0.39, 0.29) is 11.4 Å². The molecule has 1 aromatic carbocycles. The molecule has 0 bridgehead atoms. The van der Waals surface area contributed by atoms with Crippen molar-refractivity contribution in [2.75, 3.05) is 20.3 Å². The molecule has 1 N–H and O–H groups in total. The average molecular weight is 223 g/mol. The van der Waals surface area contributed by atoms with Gasteiger partial charge in [0.15, 0.2) is 0 Å². The van der Waals surface area contributed by atoms with Gasteiger partial charge in [-0.25, -0.2) is 4.39 Å². The minimum Gasteiger partial charge on any atom is -0.383 e. The molecule has 0 aromatic heterocycles. The van der Waals surface area contributed by atoms with Crippen molar-refractivity contribution in [2.45, 2.75) is 24.8 Å². The first-order chi connectivity index (χ1) is 7.74. The molecule has 16 heavy (non-hydrogen) atoms. The highest BCUT2D eigenvalue weighted by Gasteiger charge is 2.33. The number of hydrogen-bond acceptors (Lipinski definition) is 2. The summed E-state index contributed by atoms with van der Waals surface area (Å²) in [6.45, 7) is 1.71. The molecule has 1 atom stereocenters. The van der Waals surface area contributed by atoms with Crippen LogP contribution in [-0.4, -0.2) is 25.8 Å². The summed E-state index contributed by atoms with van der Waals surface area (Å²) in [5, 5.41) is 3.49. The van der Waals surface area contributed by atoms with Crippen LogP contribution < -0.4 is 5.32 Å². The van der Waals surface area contributed by atoms with Gasteiger partial charge < -0.3 is 10.1 Å². The van der Waals surface area contributed by atoms with Gasteiger partial charge in [-0.05, 0) is 43.5 Å². The van der Waals surface area contributed by atoms with Gasteiger partial charge in [0.25, 0.3) is 0 Å². The van der Waals surface area contributed by atoms with Crippen molar-refractivity contribution in [2.24, 2.45) is 0 Å². The zero-order valence-electron chi connectivity index (χ0n) is 9.63. The largest absolute Gasteiger partial charge is 0.383 e. The Labute approximate surface area is 95.8 Å². The maximum atomic E-state index is 13.1. The Morgan fingerprint density at radius 2 is 2.38 bits per heavy atom. The number of rotatable bonds is 4. The van der Waals surface area contributed by atoms with Crippen molar-refractivity contribution in [3.63, 3.8) is 0 Å². The zero-order valence-corrected chi connectivity index (χ0v) is 9.63. The molecule has 88 valence electrons. The number of halogens is 1. The molecule has 1 unspecified atom stereocenters. The number of ether oxygens (including phenoxy) is 1. The first-order valence-corrected chi connectivity index (χ1v) is 5.73. The highest BCUT2D eigenvalue weighted by atomic mass is 19.1. The third-order valence-corrected chi connectivity index (χ3v) is 3.18. The van der Waals surface area contributed by atoms with Crippen LogP contribution in [0.5, 0.6) is 0 Å². The fourth-order valence-electron chi connectivity index (χ4n) is 2.51. The molecule has 1 aromatic rings. The minimum absolute atomic E-state index is 0.00252. The molecule has 1 aliphatic rings. The van der Waals surface area contributed by atoms with Crippen LogP contribution in [0.1, 0.15) is 18.4 Å². The molecule has 2 nitrogen and oxygen atoms in total. The normalized spacial score (nSPS) is 24.9. The topological polar surface area (TPSA) is 21.3 Å². The molecule has 2 rings (SSSR count). The number of benzene rings is 1. The van der Waals surface area contributed by atoms with Crippen molar-refractivity contribution in [1.29, 1.82) is 0 Å². The number of hydrogen-bond donors (Lipinski definition) is 1. The van der Waals surface area contributed by atoms with E-state index in [1.165, 1.54) is 12.5 Å². The maximum Gasteiger partial charge on any atom is 0.123 e. The summed E-state index contributed by atoms with van der Waals surface area (Å²) in [6, 6.07) is 6.83. The van der Waals surface area contributed by atoms with E-state index in [1.54, 1.807) is 19.2 Å². The molecule has 1 aliphatic heterocycles. The van der Waals surface area contributed by atoms with Crippen LogP contribution >= 0.6 is 0 Å². The Morgan fingerprint density at radius 1 is 1.50 bits per heavy atom. The lowest BCUT2D eigenvalue weighted by Gasteiger charge is -2.28. The fourth-order valence-corrected chi connectivity index (χ4v) is 2.51. The van der Waals surface area contributed by atoms with Gasteiger partial charge in [0.05, 0.1) is 6.61 Å². The van der Waals surface area contributed by atoms with Gasteiger partial charge in [0.2, 0.25) is 0 Å². The van der Waals surface area contributed by atoms with Crippen LogP contribution in [0.25, 0.3) is 0 Å². The maximum absolute atomic E-state index is 13.1. The molecular formula is C13H18FNO. The lowest BCUT2D eigenvalue weighted by molar-refractivity contribution is 0.120. The molecule has 0 radical (unpaired) electrons. The van der Waals surface area contributed by atoms with E-state index >= 15 is 0 Å². The van der Waals surface area contributed by atoms with E-state index in [0.29, 0.717) is 6.61 Å². The third kappa shape index (κ3) is 2.60. The van der Waals surface area contributed by atoms with Crippen molar-refractivity contribution in [1.82, 2.24) is 5.32 Å². The van der Waals surface area contributed by atoms with Crippen molar-refractivity contribution in [3.05, 3.63) is 35.6 Å². The molecule has 1 heterocycles. The molecule has 3 heteroatoms. The first kappa shape index (κ1) is 11.6. The summed E-state index contributed by atoms with van der Waals surface area (Å²) in [7, 11) is 1.72. The van der Waals surface area contributed by atoms with Gasteiger partial charge in [0.1, 0.15) is 5.82 Å². The van der Waals surface area contributed by atoms with E-state index in [1.807, 2.05) is 6.07 Å². The van der Waals surface area contributed by atoms with E-state index in [4.69, 9.17) is 4.74 Å². The third-order valence-electron chi connectivity index (χ3n) is 3.18. The number of nitrogens with one attached hydrogen (secondary N) is 1. The van der Waals surface area contributed by atoms with Crippen LogP contribution in [0, 0.1) is 5.82 Å². The highest BCUT2D eigenvalue weighted by Crippen LogP contribution is 2.24. The monoisotopic (exact) mass is 223 g/mol. The lowest BCUT2D eigenvalue weighted by atomic mass is 9.90. The molecule has 0 amide bonds. The molecule has 1 saturated heterocycles. The Hall–Kier alpha value is -0.930. The molecule has 0 aliphatic carbocycles. The second-order valence-electron chi connectivity index (χ2n) is 4.55. The van der Waals surface area contributed by atoms with E-state index in [2.05, 4.69) is 5.32 Å². The quantitative estimate of drug-likeness (QED) is 0.844. The predicted octanol–water partition coefficient (Wildman–Crippen LogP) is 2.14. The zero-order chi connectivity index (χ0) is 11.4. The summed E-state index contributed by atoms with van der Waals surface area (Å²) >= 11 is 0. The van der Waals surface area contributed by atoms with E-state index in [0.717, 1.165) is 24.9 Å². The van der Waals surface area contributed by atoms with Crippen molar-refractivity contribution >= 4 is 0 Å². The standard InChI is InChI=1S/C13H18FNO/c1-16-10-13(6-3-7-15-13)9-11-4-2-5-12(14)8-11/h2,4-5,8,15H,3,6-7,9-10H2,1H3. The van der Waals surface area contributed by atoms with Gasteiger partial charge in [0, 0.05) is 12.6 Å². The minimum atomic E-state index is -0.164. The predicted molar refractivity (Wildman–Crippen MR) is 61.9 cm³/mol. The van der Waals surface area contributed by atoms with Gasteiger partial charge in [-0.3, -0.25) is 0 Å². The SMILES string of the molecule is COCC1(Cc2cccc(F)c2)CCCN1. The van der Waals surface area contributed by atoms with E-state index < -0.39 is 0 Å². The smallest absolute Gasteiger partial charge is 0.123 e. The summed E-state index contributed by atoms with van der Waals surface area (Å²) in [6.07, 6.45) is 3.09. The molecule has 0 saturated carbocycles. The summed E-state index contributed by atoms with van der Waals surface area (Å²) in [5.41, 5.74) is 1.04. The molecule has 0 spiro atoms.